The molecule has 0 aliphatic rings. The monoisotopic (exact) mass is 305 g/mol. The van der Waals surface area contributed by atoms with Crippen LogP contribution in [-0.4, -0.2) is 0 Å². The van der Waals surface area contributed by atoms with E-state index < -0.39 is 23.5 Å². The third kappa shape index (κ3) is 2.86. The molecular formula is C13H8Cl2F3N. The van der Waals surface area contributed by atoms with Crippen molar-refractivity contribution in [3.8, 4) is 0 Å². The van der Waals surface area contributed by atoms with Crippen molar-refractivity contribution in [2.24, 2.45) is 5.73 Å². The van der Waals surface area contributed by atoms with Crippen LogP contribution in [0.5, 0.6) is 0 Å². The molecule has 2 N–H and O–H groups in total. The van der Waals surface area contributed by atoms with E-state index in [0.717, 1.165) is 6.07 Å². The first-order valence-corrected chi connectivity index (χ1v) is 6.00. The van der Waals surface area contributed by atoms with Crippen molar-refractivity contribution < 1.29 is 13.2 Å². The van der Waals surface area contributed by atoms with Crippen LogP contribution in [0.3, 0.4) is 0 Å². The maximum absolute atomic E-state index is 13.6. The lowest BCUT2D eigenvalue weighted by Gasteiger charge is -2.14. The highest BCUT2D eigenvalue weighted by Crippen LogP contribution is 2.29. The molecular weight excluding hydrogens is 298 g/mol. The van der Waals surface area contributed by atoms with Gasteiger partial charge in [-0.2, -0.15) is 0 Å². The fourth-order valence-electron chi connectivity index (χ4n) is 1.66. The van der Waals surface area contributed by atoms with Gasteiger partial charge in [0.05, 0.1) is 16.1 Å². The van der Waals surface area contributed by atoms with Gasteiger partial charge >= 0.3 is 0 Å². The second-order valence-electron chi connectivity index (χ2n) is 3.94. The van der Waals surface area contributed by atoms with E-state index in [4.69, 9.17) is 28.9 Å². The van der Waals surface area contributed by atoms with Crippen molar-refractivity contribution in [3.63, 3.8) is 0 Å². The zero-order chi connectivity index (χ0) is 14.2. The van der Waals surface area contributed by atoms with E-state index in [2.05, 4.69) is 0 Å². The summed E-state index contributed by atoms with van der Waals surface area (Å²) in [6.07, 6.45) is 0. The Bertz CT molecular complexity index is 632. The second kappa shape index (κ2) is 5.41. The van der Waals surface area contributed by atoms with E-state index in [0.29, 0.717) is 16.7 Å². The zero-order valence-corrected chi connectivity index (χ0v) is 10.9. The fourth-order valence-corrected chi connectivity index (χ4v) is 1.97. The van der Waals surface area contributed by atoms with Gasteiger partial charge in [0.2, 0.25) is 0 Å². The van der Waals surface area contributed by atoms with E-state index in [1.807, 2.05) is 0 Å². The van der Waals surface area contributed by atoms with Crippen LogP contribution in [0.2, 0.25) is 10.0 Å². The predicted octanol–water partition coefficient (Wildman–Crippen LogP) is 4.46. The van der Waals surface area contributed by atoms with Crippen LogP contribution < -0.4 is 5.73 Å². The van der Waals surface area contributed by atoms with Crippen molar-refractivity contribution in [3.05, 3.63) is 69.0 Å². The molecule has 0 spiro atoms. The maximum Gasteiger partial charge on any atom is 0.161 e. The average Bonchev–Trinajstić information content (AvgIpc) is 2.36. The number of rotatable bonds is 2. The molecule has 0 aromatic heterocycles. The predicted molar refractivity (Wildman–Crippen MR) is 68.8 cm³/mol. The number of benzene rings is 2. The summed E-state index contributed by atoms with van der Waals surface area (Å²) in [4.78, 5) is 0. The molecule has 1 nitrogen and oxygen atoms in total. The van der Waals surface area contributed by atoms with Gasteiger partial charge in [0, 0.05) is 11.6 Å². The lowest BCUT2D eigenvalue weighted by atomic mass is 9.99. The Labute approximate surface area is 117 Å². The number of hydrogen-bond acceptors (Lipinski definition) is 1. The van der Waals surface area contributed by atoms with Crippen LogP contribution in [0.1, 0.15) is 17.2 Å². The van der Waals surface area contributed by atoms with E-state index >= 15 is 0 Å². The molecule has 2 aromatic rings. The number of hydrogen-bond donors (Lipinski definition) is 1. The van der Waals surface area contributed by atoms with E-state index in [-0.39, 0.29) is 10.6 Å². The van der Waals surface area contributed by atoms with Gasteiger partial charge in [0.25, 0.3) is 0 Å². The van der Waals surface area contributed by atoms with Gasteiger partial charge in [0.1, 0.15) is 5.82 Å². The minimum atomic E-state index is -1.26. The lowest BCUT2D eigenvalue weighted by molar-refractivity contribution is 0.487. The van der Waals surface area contributed by atoms with Gasteiger partial charge in [-0.15, -0.1) is 0 Å². The Hall–Kier alpha value is -1.23. The molecule has 0 saturated carbocycles. The quantitative estimate of drug-likeness (QED) is 0.815. The maximum atomic E-state index is 13.6. The van der Waals surface area contributed by atoms with Gasteiger partial charge < -0.3 is 5.73 Å². The first kappa shape index (κ1) is 14.2. The second-order valence-corrected chi connectivity index (χ2v) is 4.75. The smallest absolute Gasteiger partial charge is 0.161 e. The van der Waals surface area contributed by atoms with Crippen molar-refractivity contribution in [1.29, 1.82) is 0 Å². The van der Waals surface area contributed by atoms with Gasteiger partial charge in [-0.25, -0.2) is 13.2 Å². The molecule has 2 rings (SSSR count). The summed E-state index contributed by atoms with van der Waals surface area (Å²) in [5, 5.41) is 0.570. The highest BCUT2D eigenvalue weighted by atomic mass is 35.5. The lowest BCUT2D eigenvalue weighted by Crippen LogP contribution is -2.14. The Morgan fingerprint density at radius 1 is 0.842 bits per heavy atom. The van der Waals surface area contributed by atoms with Crippen molar-refractivity contribution >= 4 is 23.2 Å². The van der Waals surface area contributed by atoms with Crippen LogP contribution in [0, 0.1) is 17.5 Å². The molecule has 0 amide bonds. The molecule has 2 aromatic carbocycles. The van der Waals surface area contributed by atoms with Gasteiger partial charge in [0.15, 0.2) is 11.6 Å². The average molecular weight is 306 g/mol. The molecule has 0 fully saturated rings. The summed E-state index contributed by atoms with van der Waals surface area (Å²) in [6.45, 7) is 0. The van der Waals surface area contributed by atoms with E-state index in [9.17, 15) is 13.2 Å². The normalized spacial score (nSPS) is 12.5. The first-order chi connectivity index (χ1) is 8.90. The molecule has 0 aliphatic carbocycles. The molecule has 0 saturated heterocycles. The Balaban J connectivity index is 2.46. The van der Waals surface area contributed by atoms with Gasteiger partial charge in [-0.1, -0.05) is 29.3 Å². The molecule has 1 unspecified atom stereocenters. The number of halogens is 5. The Kier molecular flexibility index (Phi) is 4.04. The highest BCUT2D eigenvalue weighted by Gasteiger charge is 2.18. The van der Waals surface area contributed by atoms with Crippen molar-refractivity contribution in [2.75, 3.05) is 0 Å². The first-order valence-electron chi connectivity index (χ1n) is 5.25. The molecule has 100 valence electrons. The van der Waals surface area contributed by atoms with Crippen molar-refractivity contribution in [2.45, 2.75) is 6.04 Å². The van der Waals surface area contributed by atoms with Gasteiger partial charge in [-0.3, -0.25) is 0 Å². The fraction of sp³-hybridized carbons (Fsp3) is 0.0769. The summed E-state index contributed by atoms with van der Waals surface area (Å²) in [5.74, 6) is -3.34. The Morgan fingerprint density at radius 2 is 1.47 bits per heavy atom. The molecule has 0 bridgehead atoms. The number of nitrogens with two attached hydrogens (primary N) is 1. The standard InChI is InChI=1S/C13H8Cl2F3N/c14-8-2-1-6(3-9(8)15)13(19)7-4-11(17)12(18)5-10(7)16/h1-5,13H,19H2. The largest absolute Gasteiger partial charge is 0.320 e. The third-order valence-electron chi connectivity index (χ3n) is 2.68. The Morgan fingerprint density at radius 3 is 2.11 bits per heavy atom. The molecule has 19 heavy (non-hydrogen) atoms. The van der Waals surface area contributed by atoms with Crippen LogP contribution in [0.25, 0.3) is 0 Å². The highest BCUT2D eigenvalue weighted by molar-refractivity contribution is 6.42. The van der Waals surface area contributed by atoms with E-state index in [1.54, 1.807) is 6.07 Å². The minimum Gasteiger partial charge on any atom is -0.320 e. The minimum absolute atomic E-state index is 0.155. The summed E-state index contributed by atoms with van der Waals surface area (Å²) in [7, 11) is 0. The summed E-state index contributed by atoms with van der Waals surface area (Å²) in [5.41, 5.74) is 6.11. The van der Waals surface area contributed by atoms with Crippen LogP contribution in [0.15, 0.2) is 30.3 Å². The van der Waals surface area contributed by atoms with E-state index in [1.165, 1.54) is 12.1 Å². The summed E-state index contributed by atoms with van der Waals surface area (Å²) in [6, 6.07) is 4.72. The van der Waals surface area contributed by atoms with Crippen LogP contribution in [0.4, 0.5) is 13.2 Å². The molecule has 0 radical (unpaired) electrons. The molecule has 0 heterocycles. The summed E-state index contributed by atoms with van der Waals surface area (Å²) >= 11 is 11.6. The van der Waals surface area contributed by atoms with Gasteiger partial charge in [-0.05, 0) is 23.8 Å². The third-order valence-corrected chi connectivity index (χ3v) is 3.42. The van der Waals surface area contributed by atoms with Crippen molar-refractivity contribution in [1.82, 2.24) is 0 Å². The SMILES string of the molecule is NC(c1ccc(Cl)c(Cl)c1)c1cc(F)c(F)cc1F. The topological polar surface area (TPSA) is 26.0 Å². The zero-order valence-electron chi connectivity index (χ0n) is 9.43. The molecule has 1 atom stereocenters. The van der Waals surface area contributed by atoms with Crippen LogP contribution >= 0.6 is 23.2 Å². The van der Waals surface area contributed by atoms with Crippen LogP contribution in [-0.2, 0) is 0 Å². The molecule has 6 heteroatoms. The summed E-state index contributed by atoms with van der Waals surface area (Å²) < 4.78 is 39.6. The molecule has 0 aliphatic heterocycles.